The number of nitrogens with one attached hydrogen (secondary N) is 2. The van der Waals surface area contributed by atoms with E-state index in [1.807, 2.05) is 7.05 Å². The van der Waals surface area contributed by atoms with Gasteiger partial charge in [-0.15, -0.1) is 0 Å². The Morgan fingerprint density at radius 3 is 2.53 bits per heavy atom. The van der Waals surface area contributed by atoms with Crippen molar-refractivity contribution in [2.75, 3.05) is 13.6 Å². The van der Waals surface area contributed by atoms with Crippen LogP contribution in [0.4, 0.5) is 0 Å². The van der Waals surface area contributed by atoms with Crippen molar-refractivity contribution in [1.82, 2.24) is 10.6 Å². The number of benzene rings is 1. The predicted molar refractivity (Wildman–Crippen MR) is 65.7 cm³/mol. The van der Waals surface area contributed by atoms with Crippen molar-refractivity contribution >= 4 is 0 Å². The van der Waals surface area contributed by atoms with Gasteiger partial charge in [-0.05, 0) is 26.0 Å². The Hall–Kier alpha value is -1.28. The average molecular weight is 204 g/mol. The zero-order valence-corrected chi connectivity index (χ0v) is 9.64. The molecule has 0 fully saturated rings. The van der Waals surface area contributed by atoms with Crippen LogP contribution in [0.2, 0.25) is 0 Å². The first-order valence-electron chi connectivity index (χ1n) is 5.34. The van der Waals surface area contributed by atoms with Crippen molar-refractivity contribution in [3.8, 4) is 0 Å². The van der Waals surface area contributed by atoms with E-state index in [1.165, 1.54) is 11.1 Å². The van der Waals surface area contributed by atoms with Gasteiger partial charge < -0.3 is 10.6 Å². The second-order valence-corrected chi connectivity index (χ2v) is 3.80. The molecule has 0 spiro atoms. The van der Waals surface area contributed by atoms with Gasteiger partial charge in [0.05, 0.1) is 0 Å². The van der Waals surface area contributed by atoms with E-state index in [0.717, 1.165) is 25.2 Å². The highest BCUT2D eigenvalue weighted by Gasteiger charge is 1.94. The first-order chi connectivity index (χ1) is 7.22. The second kappa shape index (κ2) is 6.25. The van der Waals surface area contributed by atoms with E-state index in [1.54, 1.807) is 0 Å². The highest BCUT2D eigenvalue weighted by atomic mass is 14.9. The lowest BCUT2D eigenvalue weighted by Crippen LogP contribution is -2.16. The summed E-state index contributed by atoms with van der Waals surface area (Å²) in [6.07, 6.45) is 0.975. The fourth-order valence-electron chi connectivity index (χ4n) is 1.30. The molecule has 1 aromatic carbocycles. The first-order valence-corrected chi connectivity index (χ1v) is 5.34. The molecule has 1 aromatic rings. The van der Waals surface area contributed by atoms with Crippen molar-refractivity contribution in [2.24, 2.45) is 0 Å². The number of hydrogen-bond donors (Lipinski definition) is 2. The van der Waals surface area contributed by atoms with Gasteiger partial charge in [0, 0.05) is 18.8 Å². The highest BCUT2D eigenvalue weighted by molar-refractivity contribution is 5.21. The van der Waals surface area contributed by atoms with Gasteiger partial charge >= 0.3 is 0 Å². The van der Waals surface area contributed by atoms with E-state index in [0.29, 0.717) is 0 Å². The maximum Gasteiger partial charge on any atom is 0.0397 e. The normalized spacial score (nSPS) is 10.0. The summed E-state index contributed by atoms with van der Waals surface area (Å²) in [7, 11) is 1.95. The summed E-state index contributed by atoms with van der Waals surface area (Å²) in [6, 6.07) is 8.56. The van der Waals surface area contributed by atoms with Crippen LogP contribution in [0, 0.1) is 6.92 Å². The van der Waals surface area contributed by atoms with Crippen LogP contribution in [-0.2, 0) is 6.54 Å². The van der Waals surface area contributed by atoms with Gasteiger partial charge in [-0.1, -0.05) is 36.4 Å². The maximum absolute atomic E-state index is 3.97. The quantitative estimate of drug-likeness (QED) is 0.742. The van der Waals surface area contributed by atoms with Crippen molar-refractivity contribution in [1.29, 1.82) is 0 Å². The zero-order chi connectivity index (χ0) is 11.1. The Labute approximate surface area is 92.4 Å². The number of hydrogen-bond acceptors (Lipinski definition) is 2. The summed E-state index contributed by atoms with van der Waals surface area (Å²) in [5.74, 6) is 0. The minimum absolute atomic E-state index is 0.864. The Morgan fingerprint density at radius 1 is 1.27 bits per heavy atom. The van der Waals surface area contributed by atoms with Crippen molar-refractivity contribution in [2.45, 2.75) is 19.9 Å². The van der Waals surface area contributed by atoms with Crippen LogP contribution < -0.4 is 10.6 Å². The molecule has 0 aliphatic carbocycles. The zero-order valence-electron chi connectivity index (χ0n) is 9.64. The molecule has 2 N–H and O–H groups in total. The summed E-state index contributed by atoms with van der Waals surface area (Å²) in [4.78, 5) is 0. The van der Waals surface area contributed by atoms with Crippen LogP contribution in [-0.4, -0.2) is 13.6 Å². The molecule has 82 valence electrons. The molecule has 0 amide bonds. The maximum atomic E-state index is 3.97. The van der Waals surface area contributed by atoms with Gasteiger partial charge in [0.2, 0.25) is 0 Å². The third-order valence-electron chi connectivity index (χ3n) is 2.34. The lowest BCUT2D eigenvalue weighted by Gasteiger charge is -2.09. The molecule has 0 unspecified atom stereocenters. The molecule has 0 bridgehead atoms. The molecule has 0 saturated carbocycles. The fraction of sp³-hybridized carbons (Fsp3) is 0.385. The van der Waals surface area contributed by atoms with Gasteiger partial charge in [-0.25, -0.2) is 0 Å². The molecule has 0 atom stereocenters. The molecule has 1 rings (SSSR count). The standard InChI is InChI=1S/C13H20N2/c1-11-4-6-13(7-5-11)10-15-12(2)8-9-14-3/h4-7,14-15H,2,8-10H2,1,3H3. The molecule has 0 aliphatic heterocycles. The minimum Gasteiger partial charge on any atom is -0.385 e. The largest absolute Gasteiger partial charge is 0.385 e. The highest BCUT2D eigenvalue weighted by Crippen LogP contribution is 2.03. The van der Waals surface area contributed by atoms with E-state index in [9.17, 15) is 0 Å². The van der Waals surface area contributed by atoms with Gasteiger partial charge in [0.25, 0.3) is 0 Å². The molecule has 2 nitrogen and oxygen atoms in total. The fourth-order valence-corrected chi connectivity index (χ4v) is 1.30. The minimum atomic E-state index is 0.864. The second-order valence-electron chi connectivity index (χ2n) is 3.80. The molecule has 0 aliphatic rings. The molecule has 0 radical (unpaired) electrons. The Bertz CT molecular complexity index is 301. The average Bonchev–Trinajstić information content (AvgIpc) is 2.25. The topological polar surface area (TPSA) is 24.1 Å². The molecular weight excluding hydrogens is 184 g/mol. The van der Waals surface area contributed by atoms with Crippen molar-refractivity contribution in [3.63, 3.8) is 0 Å². The summed E-state index contributed by atoms with van der Waals surface area (Å²) in [5, 5.41) is 6.42. The van der Waals surface area contributed by atoms with Crippen LogP contribution in [0.3, 0.4) is 0 Å². The van der Waals surface area contributed by atoms with Gasteiger partial charge in [0.1, 0.15) is 0 Å². The van der Waals surface area contributed by atoms with E-state index in [-0.39, 0.29) is 0 Å². The van der Waals surface area contributed by atoms with E-state index < -0.39 is 0 Å². The number of aryl methyl sites for hydroxylation is 1. The predicted octanol–water partition coefficient (Wildman–Crippen LogP) is 2.21. The summed E-state index contributed by atoms with van der Waals surface area (Å²) < 4.78 is 0. The Morgan fingerprint density at radius 2 is 1.93 bits per heavy atom. The molecule has 0 saturated heterocycles. The third-order valence-corrected chi connectivity index (χ3v) is 2.34. The first kappa shape index (κ1) is 11.8. The summed E-state index contributed by atoms with van der Waals surface area (Å²) in [5.41, 5.74) is 3.68. The monoisotopic (exact) mass is 204 g/mol. The van der Waals surface area contributed by atoms with Crippen LogP contribution in [0.15, 0.2) is 36.5 Å². The molecule has 15 heavy (non-hydrogen) atoms. The number of rotatable bonds is 6. The van der Waals surface area contributed by atoms with Crippen molar-refractivity contribution in [3.05, 3.63) is 47.7 Å². The molecule has 0 aromatic heterocycles. The van der Waals surface area contributed by atoms with Crippen LogP contribution >= 0.6 is 0 Å². The van der Waals surface area contributed by atoms with Crippen molar-refractivity contribution < 1.29 is 0 Å². The molecule has 2 heteroatoms. The Kier molecular flexibility index (Phi) is 4.91. The van der Waals surface area contributed by atoms with Gasteiger partial charge in [-0.2, -0.15) is 0 Å². The smallest absolute Gasteiger partial charge is 0.0397 e. The van der Waals surface area contributed by atoms with E-state index >= 15 is 0 Å². The summed E-state index contributed by atoms with van der Waals surface area (Å²) in [6.45, 7) is 7.91. The van der Waals surface area contributed by atoms with Crippen LogP contribution in [0.25, 0.3) is 0 Å². The lowest BCUT2D eigenvalue weighted by molar-refractivity contribution is 0.709. The van der Waals surface area contributed by atoms with E-state index in [4.69, 9.17) is 0 Å². The Balaban J connectivity index is 2.30. The van der Waals surface area contributed by atoms with Gasteiger partial charge in [0.15, 0.2) is 0 Å². The SMILES string of the molecule is C=C(CCNC)NCc1ccc(C)cc1. The van der Waals surface area contributed by atoms with Gasteiger partial charge in [-0.3, -0.25) is 0 Å². The third kappa shape index (κ3) is 4.66. The van der Waals surface area contributed by atoms with Crippen LogP contribution in [0.1, 0.15) is 17.5 Å². The summed E-state index contributed by atoms with van der Waals surface area (Å²) >= 11 is 0. The molecule has 0 heterocycles. The molecular formula is C13H20N2. The lowest BCUT2D eigenvalue weighted by atomic mass is 10.1. The van der Waals surface area contributed by atoms with E-state index in [2.05, 4.69) is 48.4 Å². The van der Waals surface area contributed by atoms with Crippen LogP contribution in [0.5, 0.6) is 0 Å².